The quantitative estimate of drug-likeness (QED) is 0.685. The Morgan fingerprint density at radius 2 is 2.11 bits per heavy atom. The van der Waals surface area contributed by atoms with Crippen molar-refractivity contribution in [3.8, 4) is 22.9 Å². The first-order chi connectivity index (χ1) is 13.7. The minimum Gasteiger partial charge on any atom is -0.496 e. The monoisotopic (exact) mass is 387 g/mol. The molecule has 3 N–H and O–H groups in total. The first-order valence-electron chi connectivity index (χ1n) is 9.65. The number of benzene rings is 1. The van der Waals surface area contributed by atoms with Crippen LogP contribution in [0.3, 0.4) is 0 Å². The largest absolute Gasteiger partial charge is 0.496 e. The predicted molar refractivity (Wildman–Crippen MR) is 100 cm³/mol. The standard InChI is InChI=1S/C19H25N5O4/c1-27-15-3-2-4-16(17(15)18-21-23-24-22-18)28-10-11-5-6-12-9-20-14(19(25)26)8-13(12)7-11/h2-4,11-14,20H,5-10H2,1H3,(H,25,26)(H,21,22,23,24)/t11?,12-,13+,14-/m0/s1. The van der Waals surface area contributed by atoms with Gasteiger partial charge < -0.3 is 19.9 Å². The van der Waals surface area contributed by atoms with Gasteiger partial charge in [-0.05, 0) is 67.3 Å². The molecule has 1 saturated carbocycles. The lowest BCUT2D eigenvalue weighted by molar-refractivity contribution is -0.141. The van der Waals surface area contributed by atoms with Gasteiger partial charge in [-0.15, -0.1) is 10.2 Å². The number of nitrogens with zero attached hydrogens (tertiary/aromatic N) is 3. The van der Waals surface area contributed by atoms with Crippen LogP contribution in [-0.2, 0) is 4.79 Å². The van der Waals surface area contributed by atoms with Crippen LogP contribution in [0.2, 0.25) is 0 Å². The lowest BCUT2D eigenvalue weighted by Gasteiger charge is -2.41. The smallest absolute Gasteiger partial charge is 0.320 e. The molecule has 1 unspecified atom stereocenters. The Kier molecular flexibility index (Phi) is 5.43. The SMILES string of the molecule is COc1cccc(OCC2CC[C@H]3CN[C@H](C(=O)O)C[C@H]3C2)c1-c1nn[nH]n1. The summed E-state index contributed by atoms with van der Waals surface area (Å²) in [6.07, 6.45) is 3.89. The van der Waals surface area contributed by atoms with Gasteiger partial charge in [0, 0.05) is 0 Å². The number of hydrogen-bond acceptors (Lipinski definition) is 7. The maximum Gasteiger partial charge on any atom is 0.320 e. The Bertz CT molecular complexity index is 813. The van der Waals surface area contributed by atoms with E-state index >= 15 is 0 Å². The molecule has 2 heterocycles. The third-order valence-electron chi connectivity index (χ3n) is 5.96. The van der Waals surface area contributed by atoms with E-state index in [1.165, 1.54) is 0 Å². The number of piperidine rings is 1. The zero-order chi connectivity index (χ0) is 19.5. The van der Waals surface area contributed by atoms with Crippen molar-refractivity contribution in [1.82, 2.24) is 25.9 Å². The molecule has 9 nitrogen and oxygen atoms in total. The lowest BCUT2D eigenvalue weighted by atomic mass is 9.70. The summed E-state index contributed by atoms with van der Waals surface area (Å²) in [5, 5.41) is 26.7. The molecule has 2 aliphatic rings. The molecular formula is C19H25N5O4. The zero-order valence-electron chi connectivity index (χ0n) is 15.8. The van der Waals surface area contributed by atoms with Crippen LogP contribution in [0.25, 0.3) is 11.4 Å². The van der Waals surface area contributed by atoms with Gasteiger partial charge in [-0.1, -0.05) is 6.07 Å². The van der Waals surface area contributed by atoms with Crippen LogP contribution in [0.4, 0.5) is 0 Å². The van der Waals surface area contributed by atoms with Gasteiger partial charge in [0.25, 0.3) is 0 Å². The Hall–Kier alpha value is -2.68. The van der Waals surface area contributed by atoms with Gasteiger partial charge in [0.15, 0.2) is 0 Å². The summed E-state index contributed by atoms with van der Waals surface area (Å²) in [5.41, 5.74) is 0.681. The van der Waals surface area contributed by atoms with E-state index in [9.17, 15) is 9.90 Å². The Morgan fingerprint density at radius 1 is 1.25 bits per heavy atom. The Balaban J connectivity index is 1.43. The highest BCUT2D eigenvalue weighted by atomic mass is 16.5. The maximum absolute atomic E-state index is 11.3. The fourth-order valence-electron chi connectivity index (χ4n) is 4.50. The number of aliphatic carboxylic acids is 1. The van der Waals surface area contributed by atoms with Gasteiger partial charge in [-0.2, -0.15) is 5.21 Å². The van der Waals surface area contributed by atoms with E-state index in [4.69, 9.17) is 9.47 Å². The van der Waals surface area contributed by atoms with Crippen LogP contribution in [-0.4, -0.2) is 58.0 Å². The fourth-order valence-corrected chi connectivity index (χ4v) is 4.50. The Morgan fingerprint density at radius 3 is 2.86 bits per heavy atom. The molecule has 28 heavy (non-hydrogen) atoms. The molecule has 4 rings (SSSR count). The highest BCUT2D eigenvalue weighted by Gasteiger charge is 2.37. The number of aromatic nitrogens is 4. The van der Waals surface area contributed by atoms with Crippen molar-refractivity contribution >= 4 is 5.97 Å². The average Bonchev–Trinajstić information content (AvgIpc) is 3.25. The summed E-state index contributed by atoms with van der Waals surface area (Å²) < 4.78 is 11.6. The molecule has 4 atom stereocenters. The summed E-state index contributed by atoms with van der Waals surface area (Å²) in [6.45, 7) is 1.37. The minimum atomic E-state index is -0.752. The van der Waals surface area contributed by atoms with E-state index < -0.39 is 12.0 Å². The van der Waals surface area contributed by atoms with Crippen LogP contribution in [0, 0.1) is 17.8 Å². The zero-order valence-corrected chi connectivity index (χ0v) is 15.8. The van der Waals surface area contributed by atoms with Gasteiger partial charge >= 0.3 is 5.97 Å². The number of carbonyl (C=O) groups is 1. The van der Waals surface area contributed by atoms with Crippen molar-refractivity contribution in [3.05, 3.63) is 18.2 Å². The molecule has 1 aromatic heterocycles. The molecule has 0 amide bonds. The number of H-pyrrole nitrogens is 1. The maximum atomic E-state index is 11.3. The number of hydrogen-bond donors (Lipinski definition) is 3. The molecule has 0 bridgehead atoms. The van der Waals surface area contributed by atoms with Crippen molar-refractivity contribution < 1.29 is 19.4 Å². The molecule has 2 aromatic rings. The highest BCUT2D eigenvalue weighted by Crippen LogP contribution is 2.40. The summed E-state index contributed by atoms with van der Waals surface area (Å²) >= 11 is 0. The third-order valence-corrected chi connectivity index (χ3v) is 5.96. The van der Waals surface area contributed by atoms with Crippen LogP contribution in [0.15, 0.2) is 18.2 Å². The van der Waals surface area contributed by atoms with Crippen LogP contribution in [0.5, 0.6) is 11.5 Å². The minimum absolute atomic E-state index is 0.401. The lowest BCUT2D eigenvalue weighted by Crippen LogP contribution is -2.49. The van der Waals surface area contributed by atoms with Crippen molar-refractivity contribution in [2.24, 2.45) is 17.8 Å². The molecule has 0 spiro atoms. The van der Waals surface area contributed by atoms with Gasteiger partial charge in [0.1, 0.15) is 23.1 Å². The second-order valence-corrected chi connectivity index (χ2v) is 7.61. The van der Waals surface area contributed by atoms with Gasteiger partial charge in [-0.25, -0.2) is 0 Å². The number of ether oxygens (including phenoxy) is 2. The first-order valence-corrected chi connectivity index (χ1v) is 9.65. The molecule has 2 fully saturated rings. The molecule has 1 aliphatic heterocycles. The number of fused-ring (bicyclic) bond motifs is 1. The highest BCUT2D eigenvalue weighted by molar-refractivity contribution is 5.73. The van der Waals surface area contributed by atoms with E-state index in [-0.39, 0.29) is 0 Å². The van der Waals surface area contributed by atoms with E-state index in [1.807, 2.05) is 18.2 Å². The number of aromatic amines is 1. The van der Waals surface area contributed by atoms with E-state index in [0.717, 1.165) is 25.8 Å². The molecule has 0 radical (unpaired) electrons. The molecule has 150 valence electrons. The van der Waals surface area contributed by atoms with Crippen molar-refractivity contribution in [1.29, 1.82) is 0 Å². The number of methoxy groups -OCH3 is 1. The summed E-state index contributed by atoms with van der Waals surface area (Å²) in [4.78, 5) is 11.3. The van der Waals surface area contributed by atoms with Crippen molar-refractivity contribution in [2.75, 3.05) is 20.3 Å². The molecule has 1 aromatic carbocycles. The van der Waals surface area contributed by atoms with Crippen LogP contribution < -0.4 is 14.8 Å². The van der Waals surface area contributed by atoms with Crippen LogP contribution >= 0.6 is 0 Å². The fraction of sp³-hybridized carbons (Fsp3) is 0.579. The normalized spacial score (nSPS) is 27.0. The molecule has 1 aliphatic carbocycles. The second kappa shape index (κ2) is 8.14. The van der Waals surface area contributed by atoms with Gasteiger partial charge in [0.05, 0.1) is 13.7 Å². The second-order valence-electron chi connectivity index (χ2n) is 7.61. The first kappa shape index (κ1) is 18.7. The summed E-state index contributed by atoms with van der Waals surface area (Å²) in [5.74, 6) is 2.38. The van der Waals surface area contributed by atoms with Gasteiger partial charge in [-0.3, -0.25) is 4.79 Å². The topological polar surface area (TPSA) is 122 Å². The summed E-state index contributed by atoms with van der Waals surface area (Å²) in [6, 6.07) is 5.17. The van der Waals surface area contributed by atoms with E-state index in [0.29, 0.717) is 53.7 Å². The van der Waals surface area contributed by atoms with Crippen molar-refractivity contribution in [2.45, 2.75) is 31.7 Å². The average molecular weight is 387 g/mol. The third kappa shape index (κ3) is 3.80. The molecule has 9 heteroatoms. The van der Waals surface area contributed by atoms with E-state index in [1.54, 1.807) is 7.11 Å². The number of carboxylic acids is 1. The number of tetrazole rings is 1. The van der Waals surface area contributed by atoms with Crippen molar-refractivity contribution in [3.63, 3.8) is 0 Å². The van der Waals surface area contributed by atoms with Gasteiger partial charge in [0.2, 0.25) is 5.82 Å². The Labute approximate surface area is 162 Å². The molecule has 1 saturated heterocycles. The van der Waals surface area contributed by atoms with E-state index in [2.05, 4.69) is 25.9 Å². The number of rotatable bonds is 6. The summed E-state index contributed by atoms with van der Waals surface area (Å²) in [7, 11) is 1.60. The predicted octanol–water partition coefficient (Wildman–Crippen LogP) is 1.73. The molecular weight excluding hydrogens is 362 g/mol. The number of nitrogens with one attached hydrogen (secondary N) is 2. The number of carboxylic acid groups (broad SMARTS) is 1. The van der Waals surface area contributed by atoms with Crippen LogP contribution in [0.1, 0.15) is 25.7 Å².